The molecule has 0 atom stereocenters. The second-order valence-electron chi connectivity index (χ2n) is 4.32. The number of hydrogen-bond acceptors (Lipinski definition) is 3. The Morgan fingerprint density at radius 1 is 1.32 bits per heavy atom. The van der Waals surface area contributed by atoms with Crippen molar-refractivity contribution in [3.63, 3.8) is 0 Å². The van der Waals surface area contributed by atoms with Gasteiger partial charge in [-0.15, -0.1) is 35.3 Å². The lowest BCUT2D eigenvalue weighted by Crippen LogP contribution is -2.22. The number of alkyl halides is 3. The van der Waals surface area contributed by atoms with Gasteiger partial charge in [0.15, 0.2) is 11.7 Å². The molecule has 3 N–H and O–H groups in total. The number of anilines is 1. The van der Waals surface area contributed by atoms with Gasteiger partial charge in [-0.1, -0.05) is 17.7 Å². The highest BCUT2D eigenvalue weighted by molar-refractivity contribution is 14.0. The second kappa shape index (κ2) is 7.77. The van der Waals surface area contributed by atoms with Crippen LogP contribution in [0.1, 0.15) is 16.3 Å². The molecule has 0 bridgehead atoms. The maximum absolute atomic E-state index is 12.4. The van der Waals surface area contributed by atoms with Crippen LogP contribution in [0.25, 0.3) is 0 Å². The number of aryl methyl sites for hydroxylation is 1. The molecular weight excluding hydrogens is 428 g/mol. The van der Waals surface area contributed by atoms with Gasteiger partial charge < -0.3 is 11.1 Å². The Morgan fingerprint density at radius 2 is 1.95 bits per heavy atom. The molecule has 0 aliphatic carbocycles. The first-order chi connectivity index (χ1) is 9.84. The molecule has 0 saturated heterocycles. The lowest BCUT2D eigenvalue weighted by atomic mass is 10.2. The predicted molar refractivity (Wildman–Crippen MR) is 92.7 cm³/mol. The number of guanidine groups is 1. The first-order valence-electron chi connectivity index (χ1n) is 6.00. The highest BCUT2D eigenvalue weighted by Gasteiger charge is 2.33. The van der Waals surface area contributed by atoms with Gasteiger partial charge in [0.2, 0.25) is 0 Å². The molecule has 0 aliphatic heterocycles. The molecule has 1 heterocycles. The third-order valence-electron chi connectivity index (χ3n) is 2.55. The van der Waals surface area contributed by atoms with E-state index >= 15 is 0 Å². The van der Waals surface area contributed by atoms with Gasteiger partial charge in [-0.25, -0.2) is 9.98 Å². The topological polar surface area (TPSA) is 63.3 Å². The van der Waals surface area contributed by atoms with Gasteiger partial charge in [0.25, 0.3) is 0 Å². The van der Waals surface area contributed by atoms with E-state index in [0.29, 0.717) is 0 Å². The van der Waals surface area contributed by atoms with Gasteiger partial charge in [-0.3, -0.25) is 0 Å². The SMILES string of the molecule is Cc1ccc(NC(N)=NCc2nc(C(F)(F)F)cs2)cc1.I. The van der Waals surface area contributed by atoms with E-state index < -0.39 is 11.9 Å². The molecule has 4 nitrogen and oxygen atoms in total. The van der Waals surface area contributed by atoms with Crippen LogP contribution >= 0.6 is 35.3 Å². The van der Waals surface area contributed by atoms with E-state index in [4.69, 9.17) is 5.73 Å². The van der Waals surface area contributed by atoms with Crippen molar-refractivity contribution in [2.45, 2.75) is 19.6 Å². The van der Waals surface area contributed by atoms with Crippen molar-refractivity contribution in [2.75, 3.05) is 5.32 Å². The van der Waals surface area contributed by atoms with Crippen LogP contribution in [-0.4, -0.2) is 10.9 Å². The predicted octanol–water partition coefficient (Wildman–Crippen LogP) is 4.02. The summed E-state index contributed by atoms with van der Waals surface area (Å²) in [7, 11) is 0. The Bertz CT molecular complexity index is 637. The summed E-state index contributed by atoms with van der Waals surface area (Å²) in [5, 5.41) is 4.09. The van der Waals surface area contributed by atoms with Crippen molar-refractivity contribution < 1.29 is 13.2 Å². The first kappa shape index (κ1) is 18.7. The van der Waals surface area contributed by atoms with Gasteiger partial charge in [-0.05, 0) is 19.1 Å². The Labute approximate surface area is 146 Å². The fourth-order valence-electron chi connectivity index (χ4n) is 1.49. The Hall–Kier alpha value is -1.36. The van der Waals surface area contributed by atoms with E-state index in [2.05, 4.69) is 15.3 Å². The lowest BCUT2D eigenvalue weighted by Gasteiger charge is -2.05. The highest BCUT2D eigenvalue weighted by atomic mass is 127. The molecule has 2 aromatic rings. The zero-order valence-electron chi connectivity index (χ0n) is 11.5. The van der Waals surface area contributed by atoms with Crippen molar-refractivity contribution in [1.82, 2.24) is 4.98 Å². The molecule has 120 valence electrons. The number of halogens is 4. The van der Waals surface area contributed by atoms with E-state index in [0.717, 1.165) is 28.0 Å². The molecule has 9 heteroatoms. The summed E-state index contributed by atoms with van der Waals surface area (Å²) in [6.45, 7) is 1.97. The van der Waals surface area contributed by atoms with E-state index in [1.165, 1.54) is 0 Å². The number of nitrogens with two attached hydrogens (primary N) is 1. The minimum Gasteiger partial charge on any atom is -0.370 e. The van der Waals surface area contributed by atoms with Crippen molar-refractivity contribution in [1.29, 1.82) is 0 Å². The average molecular weight is 442 g/mol. The van der Waals surface area contributed by atoms with Crippen LogP contribution in [0.2, 0.25) is 0 Å². The number of thiazole rings is 1. The standard InChI is InChI=1S/C13H13F3N4S.HI/c1-8-2-4-9(5-3-8)19-12(17)18-6-11-20-10(7-21-11)13(14,15)16;/h2-5,7H,6H2,1H3,(H3,17,18,19);1H. The monoisotopic (exact) mass is 442 g/mol. The Balaban J connectivity index is 0.00000242. The summed E-state index contributed by atoms with van der Waals surface area (Å²) >= 11 is 0.905. The fourth-order valence-corrected chi connectivity index (χ4v) is 2.21. The fraction of sp³-hybridized carbons (Fsp3) is 0.231. The van der Waals surface area contributed by atoms with Gasteiger partial charge in [0.05, 0.1) is 6.54 Å². The highest BCUT2D eigenvalue weighted by Crippen LogP contribution is 2.30. The molecule has 0 radical (unpaired) electrons. The molecule has 2 rings (SSSR count). The zero-order chi connectivity index (χ0) is 15.5. The molecule has 0 aliphatic rings. The third kappa shape index (κ3) is 5.44. The molecule has 0 fully saturated rings. The Kier molecular flexibility index (Phi) is 6.60. The Morgan fingerprint density at radius 3 is 2.50 bits per heavy atom. The van der Waals surface area contributed by atoms with Crippen LogP contribution in [0.15, 0.2) is 34.6 Å². The van der Waals surface area contributed by atoms with Crippen LogP contribution < -0.4 is 11.1 Å². The number of hydrogen-bond donors (Lipinski definition) is 2. The lowest BCUT2D eigenvalue weighted by molar-refractivity contribution is -0.140. The van der Waals surface area contributed by atoms with Crippen LogP contribution in [0, 0.1) is 6.92 Å². The van der Waals surface area contributed by atoms with E-state index in [1.807, 2.05) is 31.2 Å². The smallest absolute Gasteiger partial charge is 0.370 e. The van der Waals surface area contributed by atoms with Crippen LogP contribution in [-0.2, 0) is 12.7 Å². The minimum absolute atomic E-state index is 0. The number of aliphatic imine (C=N–C) groups is 1. The summed E-state index contributed by atoms with van der Waals surface area (Å²) in [6, 6.07) is 7.49. The van der Waals surface area contributed by atoms with Crippen LogP contribution in [0.5, 0.6) is 0 Å². The summed E-state index contributed by atoms with van der Waals surface area (Å²) in [5.41, 5.74) is 6.65. The van der Waals surface area contributed by atoms with E-state index in [-0.39, 0.29) is 41.5 Å². The number of nitrogens with zero attached hydrogens (tertiary/aromatic N) is 2. The zero-order valence-corrected chi connectivity index (χ0v) is 14.7. The van der Waals surface area contributed by atoms with Gasteiger partial charge >= 0.3 is 6.18 Å². The van der Waals surface area contributed by atoms with Crippen molar-refractivity contribution >= 4 is 47.0 Å². The molecule has 1 aromatic heterocycles. The first-order valence-corrected chi connectivity index (χ1v) is 6.88. The minimum atomic E-state index is -4.43. The number of benzene rings is 1. The number of aromatic nitrogens is 1. The number of nitrogens with one attached hydrogen (secondary N) is 1. The maximum Gasteiger partial charge on any atom is 0.434 e. The largest absolute Gasteiger partial charge is 0.434 e. The number of rotatable bonds is 3. The van der Waals surface area contributed by atoms with Crippen LogP contribution in [0.4, 0.5) is 18.9 Å². The molecule has 0 spiro atoms. The second-order valence-corrected chi connectivity index (χ2v) is 5.26. The molecule has 0 unspecified atom stereocenters. The summed E-state index contributed by atoms with van der Waals surface area (Å²) in [5.74, 6) is 0.127. The molecule has 0 amide bonds. The average Bonchev–Trinajstić information content (AvgIpc) is 2.88. The van der Waals surface area contributed by atoms with E-state index in [1.54, 1.807) is 0 Å². The summed E-state index contributed by atoms with van der Waals surface area (Å²) in [6.07, 6.45) is -4.43. The van der Waals surface area contributed by atoms with Crippen molar-refractivity contribution in [3.8, 4) is 0 Å². The van der Waals surface area contributed by atoms with Gasteiger partial charge in [0, 0.05) is 11.1 Å². The maximum atomic E-state index is 12.4. The molecular formula is C13H14F3IN4S. The van der Waals surface area contributed by atoms with Crippen molar-refractivity contribution in [2.24, 2.45) is 10.7 Å². The van der Waals surface area contributed by atoms with E-state index in [9.17, 15) is 13.2 Å². The molecule has 0 saturated carbocycles. The van der Waals surface area contributed by atoms with Crippen molar-refractivity contribution in [3.05, 3.63) is 45.9 Å². The quantitative estimate of drug-likeness (QED) is 0.429. The van der Waals surface area contributed by atoms with Gasteiger partial charge in [0.1, 0.15) is 5.01 Å². The van der Waals surface area contributed by atoms with Gasteiger partial charge in [-0.2, -0.15) is 13.2 Å². The summed E-state index contributed by atoms with van der Waals surface area (Å²) in [4.78, 5) is 7.45. The molecule has 22 heavy (non-hydrogen) atoms. The summed E-state index contributed by atoms with van der Waals surface area (Å²) < 4.78 is 37.2. The van der Waals surface area contributed by atoms with Crippen LogP contribution in [0.3, 0.4) is 0 Å². The normalized spacial score (nSPS) is 11.9. The third-order valence-corrected chi connectivity index (χ3v) is 3.38. The molecule has 1 aromatic carbocycles.